The molecule has 10 heteroatoms. The Bertz CT molecular complexity index is 1240. The Morgan fingerprint density at radius 1 is 0.968 bits per heavy atom. The highest BCUT2D eigenvalue weighted by Crippen LogP contribution is 2.40. The van der Waals surface area contributed by atoms with Gasteiger partial charge in [0.15, 0.2) is 17.3 Å². The van der Waals surface area contributed by atoms with Crippen molar-refractivity contribution in [3.63, 3.8) is 0 Å². The minimum Gasteiger partial charge on any atom is -0.486 e. The topological polar surface area (TPSA) is 69.2 Å². The summed E-state index contributed by atoms with van der Waals surface area (Å²) in [6.07, 6.45) is -1.28. The molecule has 1 aliphatic heterocycles. The van der Waals surface area contributed by atoms with Crippen molar-refractivity contribution < 1.29 is 22.6 Å². The highest BCUT2D eigenvalue weighted by molar-refractivity contribution is 7.18. The van der Waals surface area contributed by atoms with E-state index in [4.69, 9.17) is 9.47 Å². The maximum atomic E-state index is 13.3. The van der Waals surface area contributed by atoms with Gasteiger partial charge in [-0.1, -0.05) is 6.07 Å². The van der Waals surface area contributed by atoms with Gasteiger partial charge in [-0.3, -0.25) is 4.98 Å². The van der Waals surface area contributed by atoms with Crippen LogP contribution in [0.5, 0.6) is 11.5 Å². The van der Waals surface area contributed by atoms with Crippen molar-refractivity contribution in [1.82, 2.24) is 15.0 Å². The second-order valence-electron chi connectivity index (χ2n) is 6.79. The van der Waals surface area contributed by atoms with E-state index in [0.29, 0.717) is 65.2 Å². The fourth-order valence-electron chi connectivity index (χ4n) is 3.21. The molecule has 0 aliphatic carbocycles. The maximum Gasteiger partial charge on any atom is 0.425 e. The number of halogens is 3. The van der Waals surface area contributed by atoms with Crippen LogP contribution in [0.15, 0.2) is 48.8 Å². The Hall–Kier alpha value is -3.40. The Kier molecular flexibility index (Phi) is 4.85. The number of hydrogen-bond donors (Lipinski definition) is 1. The quantitative estimate of drug-likeness (QED) is 0.469. The van der Waals surface area contributed by atoms with Gasteiger partial charge >= 0.3 is 6.18 Å². The molecule has 1 aliphatic rings. The third-order valence-electron chi connectivity index (χ3n) is 4.68. The van der Waals surface area contributed by atoms with E-state index in [1.165, 1.54) is 0 Å². The minimum absolute atomic E-state index is 0.263. The van der Waals surface area contributed by atoms with Gasteiger partial charge < -0.3 is 14.8 Å². The van der Waals surface area contributed by atoms with Gasteiger partial charge in [-0.25, -0.2) is 9.97 Å². The normalized spacial score (nSPS) is 13.4. The van der Waals surface area contributed by atoms with Gasteiger partial charge in [0.05, 0.1) is 5.39 Å². The molecule has 3 aromatic heterocycles. The molecule has 0 spiro atoms. The molecule has 5 rings (SSSR count). The molecule has 4 heterocycles. The molecule has 6 nitrogen and oxygen atoms in total. The van der Waals surface area contributed by atoms with Crippen molar-refractivity contribution in [2.24, 2.45) is 0 Å². The number of rotatable bonds is 4. The molecule has 0 amide bonds. The first-order chi connectivity index (χ1) is 15.0. The summed E-state index contributed by atoms with van der Waals surface area (Å²) in [5.74, 6) is 1.98. The third-order valence-corrected chi connectivity index (χ3v) is 5.75. The zero-order valence-corrected chi connectivity index (χ0v) is 16.8. The van der Waals surface area contributed by atoms with E-state index in [1.54, 1.807) is 24.5 Å². The molecule has 1 N–H and O–H groups in total. The Balaban J connectivity index is 1.52. The highest BCUT2D eigenvalue weighted by Gasteiger charge is 2.33. The van der Waals surface area contributed by atoms with E-state index in [-0.39, 0.29) is 4.83 Å². The van der Waals surface area contributed by atoms with Crippen molar-refractivity contribution >= 4 is 27.4 Å². The van der Waals surface area contributed by atoms with E-state index in [9.17, 15) is 13.2 Å². The smallest absolute Gasteiger partial charge is 0.425 e. The van der Waals surface area contributed by atoms with Crippen molar-refractivity contribution in [2.45, 2.75) is 12.7 Å². The summed E-state index contributed by atoms with van der Waals surface area (Å²) in [5.41, 5.74) is 1.55. The number of anilines is 1. The van der Waals surface area contributed by atoms with Gasteiger partial charge in [-0.15, -0.1) is 11.3 Å². The number of benzene rings is 1. The first-order valence-electron chi connectivity index (χ1n) is 9.39. The zero-order valence-electron chi connectivity index (χ0n) is 15.9. The van der Waals surface area contributed by atoms with Gasteiger partial charge in [0, 0.05) is 24.5 Å². The zero-order chi connectivity index (χ0) is 21.4. The molecule has 0 radical (unpaired) electrons. The highest BCUT2D eigenvalue weighted by atomic mass is 32.1. The number of nitrogens with zero attached hydrogens (tertiary/aromatic N) is 3. The van der Waals surface area contributed by atoms with Crippen LogP contribution >= 0.6 is 11.3 Å². The van der Waals surface area contributed by atoms with Crippen molar-refractivity contribution in [2.75, 3.05) is 18.5 Å². The lowest BCUT2D eigenvalue weighted by Crippen LogP contribution is -2.15. The number of pyridine rings is 1. The molecule has 0 unspecified atom stereocenters. The number of nitrogens with one attached hydrogen (secondary N) is 1. The van der Waals surface area contributed by atoms with Crippen LogP contribution in [0.2, 0.25) is 0 Å². The monoisotopic (exact) mass is 444 g/mol. The summed E-state index contributed by atoms with van der Waals surface area (Å²) in [7, 11) is 0. The molecular formula is C21H15F3N4O2S. The van der Waals surface area contributed by atoms with E-state index in [0.717, 1.165) is 11.6 Å². The molecule has 1 aromatic carbocycles. The molecule has 0 saturated heterocycles. The van der Waals surface area contributed by atoms with Gasteiger partial charge in [0.1, 0.15) is 28.7 Å². The van der Waals surface area contributed by atoms with Crippen LogP contribution in [0.4, 0.5) is 19.0 Å². The van der Waals surface area contributed by atoms with Crippen LogP contribution in [0, 0.1) is 0 Å². The average Bonchev–Trinajstić information content (AvgIpc) is 3.23. The van der Waals surface area contributed by atoms with E-state index in [2.05, 4.69) is 20.3 Å². The second kappa shape index (κ2) is 7.69. The largest absolute Gasteiger partial charge is 0.486 e. The average molecular weight is 444 g/mol. The summed E-state index contributed by atoms with van der Waals surface area (Å²) in [5, 5.41) is 3.49. The summed E-state index contributed by atoms with van der Waals surface area (Å²) in [4.78, 5) is 12.4. The van der Waals surface area contributed by atoms with E-state index in [1.807, 2.05) is 18.2 Å². The second-order valence-corrected chi connectivity index (χ2v) is 7.82. The van der Waals surface area contributed by atoms with Crippen LogP contribution < -0.4 is 14.8 Å². The lowest BCUT2D eigenvalue weighted by atomic mass is 10.2. The van der Waals surface area contributed by atoms with E-state index < -0.39 is 11.1 Å². The third kappa shape index (κ3) is 3.98. The van der Waals surface area contributed by atoms with Crippen molar-refractivity contribution in [3.8, 4) is 22.9 Å². The molecule has 158 valence electrons. The fraction of sp³-hybridized carbons (Fsp3) is 0.190. The molecule has 4 aromatic rings. The maximum absolute atomic E-state index is 13.3. The number of alkyl halides is 3. The van der Waals surface area contributed by atoms with Crippen LogP contribution in [0.1, 0.15) is 10.4 Å². The minimum atomic E-state index is -4.45. The molecule has 0 bridgehead atoms. The van der Waals surface area contributed by atoms with Gasteiger partial charge in [0.2, 0.25) is 0 Å². The molecule has 0 saturated carbocycles. The SMILES string of the molecule is FC(F)(F)c1cc2c(NCc3ccc4c(c3)OCCO4)nc(-c3ccncc3)nc2s1. The molecule has 0 atom stereocenters. The number of ether oxygens (including phenoxy) is 2. The van der Waals surface area contributed by atoms with Crippen LogP contribution in [0.3, 0.4) is 0 Å². The van der Waals surface area contributed by atoms with Gasteiger partial charge in [-0.05, 0) is 35.9 Å². The van der Waals surface area contributed by atoms with Crippen molar-refractivity contribution in [3.05, 3.63) is 59.2 Å². The van der Waals surface area contributed by atoms with Crippen LogP contribution in [-0.2, 0) is 12.7 Å². The molecule has 31 heavy (non-hydrogen) atoms. The van der Waals surface area contributed by atoms with Crippen LogP contribution in [0.25, 0.3) is 21.6 Å². The predicted octanol–water partition coefficient (Wildman–Crippen LogP) is 5.16. The van der Waals surface area contributed by atoms with E-state index >= 15 is 0 Å². The number of hydrogen-bond acceptors (Lipinski definition) is 7. The number of thiophene rings is 1. The lowest BCUT2D eigenvalue weighted by molar-refractivity contribution is -0.134. The Labute approximate surface area is 178 Å². The number of fused-ring (bicyclic) bond motifs is 2. The predicted molar refractivity (Wildman–Crippen MR) is 110 cm³/mol. The number of aromatic nitrogens is 3. The fourth-order valence-corrected chi connectivity index (χ4v) is 4.11. The first kappa shape index (κ1) is 19.6. The van der Waals surface area contributed by atoms with Gasteiger partial charge in [-0.2, -0.15) is 13.2 Å². The Morgan fingerprint density at radius 3 is 2.52 bits per heavy atom. The summed E-state index contributed by atoms with van der Waals surface area (Å²) in [6, 6.07) is 10.0. The molecular weight excluding hydrogens is 429 g/mol. The summed E-state index contributed by atoms with van der Waals surface area (Å²) >= 11 is 0.599. The lowest BCUT2D eigenvalue weighted by Gasteiger charge is -2.19. The van der Waals surface area contributed by atoms with Crippen molar-refractivity contribution in [1.29, 1.82) is 0 Å². The summed E-state index contributed by atoms with van der Waals surface area (Å²) < 4.78 is 51.0. The molecule has 0 fully saturated rings. The standard InChI is InChI=1S/C21H15F3N4O2S/c22-21(23,24)17-10-14-19(26-11-12-1-2-15-16(9-12)30-8-7-29-15)27-18(28-20(14)31-17)13-3-5-25-6-4-13/h1-6,9-10H,7-8,11H2,(H,26,27,28). The Morgan fingerprint density at radius 2 is 1.74 bits per heavy atom. The first-order valence-corrected chi connectivity index (χ1v) is 10.2. The van der Waals surface area contributed by atoms with Gasteiger partial charge in [0.25, 0.3) is 0 Å². The summed E-state index contributed by atoms with van der Waals surface area (Å²) in [6.45, 7) is 1.32. The van der Waals surface area contributed by atoms with Crippen LogP contribution in [-0.4, -0.2) is 28.2 Å².